The number of rotatable bonds is 2. The van der Waals surface area contributed by atoms with Crippen molar-refractivity contribution in [2.24, 2.45) is 0 Å². The number of hydrogen-bond acceptors (Lipinski definition) is 3. The fourth-order valence-corrected chi connectivity index (χ4v) is 1.22. The van der Waals surface area contributed by atoms with Crippen molar-refractivity contribution in [3.63, 3.8) is 0 Å². The second-order valence-electron chi connectivity index (χ2n) is 3.29. The number of nitrogens with two attached hydrogens (primary N) is 1. The standard InChI is InChI=1S/C10H11FN4/c1-6-2-3-7(4-8(6)11)14-9-5-13-15-10(9)12/h2-5,14H,1H3,(H3,12,13,15). The van der Waals surface area contributed by atoms with Crippen LogP contribution in [0.15, 0.2) is 24.4 Å². The average molecular weight is 206 g/mol. The Hall–Kier alpha value is -2.04. The fourth-order valence-electron chi connectivity index (χ4n) is 1.22. The van der Waals surface area contributed by atoms with Crippen LogP contribution in [0.25, 0.3) is 0 Å². The highest BCUT2D eigenvalue weighted by Crippen LogP contribution is 2.21. The average Bonchev–Trinajstić information content (AvgIpc) is 2.59. The van der Waals surface area contributed by atoms with Gasteiger partial charge in [0, 0.05) is 5.69 Å². The quantitative estimate of drug-likeness (QED) is 0.705. The normalized spacial score (nSPS) is 10.3. The molecule has 4 nitrogen and oxygen atoms in total. The summed E-state index contributed by atoms with van der Waals surface area (Å²) in [4.78, 5) is 0. The minimum Gasteiger partial charge on any atom is -0.382 e. The van der Waals surface area contributed by atoms with Gasteiger partial charge in [-0.15, -0.1) is 0 Å². The number of aromatic amines is 1. The molecule has 0 aliphatic rings. The number of anilines is 3. The summed E-state index contributed by atoms with van der Waals surface area (Å²) in [7, 11) is 0. The molecule has 5 heteroatoms. The first kappa shape index (κ1) is 9.51. The summed E-state index contributed by atoms with van der Waals surface area (Å²) in [5.74, 6) is 0.179. The minimum atomic E-state index is -0.248. The molecule has 0 aliphatic heterocycles. The number of aromatic nitrogens is 2. The fraction of sp³-hybridized carbons (Fsp3) is 0.100. The topological polar surface area (TPSA) is 66.7 Å². The van der Waals surface area contributed by atoms with Gasteiger partial charge in [-0.2, -0.15) is 5.10 Å². The van der Waals surface area contributed by atoms with Gasteiger partial charge in [0.1, 0.15) is 17.3 Å². The van der Waals surface area contributed by atoms with E-state index in [1.165, 1.54) is 6.07 Å². The van der Waals surface area contributed by atoms with Crippen LogP contribution in [-0.4, -0.2) is 10.2 Å². The predicted octanol–water partition coefficient (Wildman–Crippen LogP) is 2.18. The smallest absolute Gasteiger partial charge is 0.143 e. The first-order valence-corrected chi connectivity index (χ1v) is 4.49. The molecule has 1 aromatic carbocycles. The molecule has 78 valence electrons. The van der Waals surface area contributed by atoms with Crippen LogP contribution >= 0.6 is 0 Å². The Morgan fingerprint density at radius 2 is 2.27 bits per heavy atom. The summed E-state index contributed by atoms with van der Waals surface area (Å²) in [6, 6.07) is 4.90. The van der Waals surface area contributed by atoms with Crippen LogP contribution < -0.4 is 11.1 Å². The first-order chi connectivity index (χ1) is 7.16. The predicted molar refractivity (Wildman–Crippen MR) is 57.4 cm³/mol. The third-order valence-corrected chi connectivity index (χ3v) is 2.12. The molecule has 0 aliphatic carbocycles. The van der Waals surface area contributed by atoms with Crippen molar-refractivity contribution in [1.29, 1.82) is 0 Å². The van der Waals surface area contributed by atoms with Crippen molar-refractivity contribution in [3.05, 3.63) is 35.8 Å². The molecular formula is C10H11FN4. The van der Waals surface area contributed by atoms with E-state index < -0.39 is 0 Å². The number of hydrogen-bond donors (Lipinski definition) is 3. The Morgan fingerprint density at radius 1 is 1.47 bits per heavy atom. The third-order valence-electron chi connectivity index (χ3n) is 2.12. The molecule has 0 saturated carbocycles. The van der Waals surface area contributed by atoms with E-state index in [0.717, 1.165) is 0 Å². The molecule has 15 heavy (non-hydrogen) atoms. The summed E-state index contributed by atoms with van der Waals surface area (Å²) < 4.78 is 13.2. The second-order valence-corrected chi connectivity index (χ2v) is 3.29. The SMILES string of the molecule is Cc1ccc(Nc2cn[nH]c2N)cc1F. The molecule has 0 atom stereocenters. The summed E-state index contributed by atoms with van der Waals surface area (Å²) in [5, 5.41) is 9.30. The largest absolute Gasteiger partial charge is 0.382 e. The monoisotopic (exact) mass is 206 g/mol. The number of halogens is 1. The molecule has 0 unspecified atom stereocenters. The van der Waals surface area contributed by atoms with Gasteiger partial charge >= 0.3 is 0 Å². The molecule has 1 heterocycles. The number of nitrogen functional groups attached to an aromatic ring is 1. The number of nitrogens with one attached hydrogen (secondary N) is 2. The lowest BCUT2D eigenvalue weighted by Gasteiger charge is -2.05. The van der Waals surface area contributed by atoms with Crippen molar-refractivity contribution < 1.29 is 4.39 Å². The van der Waals surface area contributed by atoms with Gasteiger partial charge in [-0.05, 0) is 24.6 Å². The molecule has 0 bridgehead atoms. The maximum atomic E-state index is 13.2. The van der Waals surface area contributed by atoms with Gasteiger partial charge in [-0.1, -0.05) is 6.07 Å². The van der Waals surface area contributed by atoms with Crippen LogP contribution in [0.5, 0.6) is 0 Å². The van der Waals surface area contributed by atoms with Gasteiger partial charge in [-0.3, -0.25) is 5.10 Å². The molecule has 0 saturated heterocycles. The number of benzene rings is 1. The van der Waals surface area contributed by atoms with Crippen molar-refractivity contribution >= 4 is 17.2 Å². The molecule has 0 spiro atoms. The van der Waals surface area contributed by atoms with Crippen LogP contribution in [0.2, 0.25) is 0 Å². The van der Waals surface area contributed by atoms with E-state index in [1.807, 2.05) is 0 Å². The lowest BCUT2D eigenvalue weighted by molar-refractivity contribution is 0.619. The molecule has 0 amide bonds. The van der Waals surface area contributed by atoms with Crippen molar-refractivity contribution in [2.45, 2.75) is 6.92 Å². The minimum absolute atomic E-state index is 0.248. The van der Waals surface area contributed by atoms with Gasteiger partial charge in [0.25, 0.3) is 0 Å². The zero-order chi connectivity index (χ0) is 10.8. The number of nitrogens with zero attached hydrogens (tertiary/aromatic N) is 1. The Bertz CT molecular complexity index is 478. The van der Waals surface area contributed by atoms with E-state index in [4.69, 9.17) is 5.73 Å². The zero-order valence-corrected chi connectivity index (χ0v) is 8.21. The van der Waals surface area contributed by atoms with Gasteiger partial charge in [0.05, 0.1) is 6.20 Å². The lowest BCUT2D eigenvalue weighted by Crippen LogP contribution is -1.95. The molecule has 2 rings (SSSR count). The van der Waals surface area contributed by atoms with E-state index in [2.05, 4.69) is 15.5 Å². The molecule has 2 aromatic rings. The number of aryl methyl sites for hydroxylation is 1. The maximum absolute atomic E-state index is 13.2. The van der Waals surface area contributed by atoms with Gasteiger partial charge < -0.3 is 11.1 Å². The van der Waals surface area contributed by atoms with E-state index in [0.29, 0.717) is 22.8 Å². The van der Waals surface area contributed by atoms with Crippen LogP contribution in [0, 0.1) is 12.7 Å². The van der Waals surface area contributed by atoms with E-state index in [1.54, 1.807) is 25.3 Å². The Balaban J connectivity index is 2.25. The van der Waals surface area contributed by atoms with E-state index in [9.17, 15) is 4.39 Å². The Kier molecular flexibility index (Phi) is 2.29. The lowest BCUT2D eigenvalue weighted by atomic mass is 10.2. The summed E-state index contributed by atoms with van der Waals surface area (Å²) in [5.41, 5.74) is 7.48. The maximum Gasteiger partial charge on any atom is 0.143 e. The van der Waals surface area contributed by atoms with Gasteiger partial charge in [0.2, 0.25) is 0 Å². The van der Waals surface area contributed by atoms with Crippen molar-refractivity contribution in [3.8, 4) is 0 Å². The molecule has 0 radical (unpaired) electrons. The van der Waals surface area contributed by atoms with Crippen molar-refractivity contribution in [2.75, 3.05) is 11.1 Å². The van der Waals surface area contributed by atoms with Crippen LogP contribution in [-0.2, 0) is 0 Å². The van der Waals surface area contributed by atoms with Crippen LogP contribution in [0.4, 0.5) is 21.6 Å². The molecule has 1 aromatic heterocycles. The first-order valence-electron chi connectivity index (χ1n) is 4.49. The Labute approximate surface area is 86.3 Å². The van der Waals surface area contributed by atoms with Crippen molar-refractivity contribution in [1.82, 2.24) is 10.2 Å². The van der Waals surface area contributed by atoms with Crippen LogP contribution in [0.1, 0.15) is 5.56 Å². The highest BCUT2D eigenvalue weighted by Gasteiger charge is 2.03. The van der Waals surface area contributed by atoms with Crippen LogP contribution in [0.3, 0.4) is 0 Å². The van der Waals surface area contributed by atoms with Gasteiger partial charge in [-0.25, -0.2) is 4.39 Å². The molecule has 0 fully saturated rings. The molecular weight excluding hydrogens is 195 g/mol. The van der Waals surface area contributed by atoms with E-state index in [-0.39, 0.29) is 5.82 Å². The highest BCUT2D eigenvalue weighted by molar-refractivity contribution is 5.68. The highest BCUT2D eigenvalue weighted by atomic mass is 19.1. The summed E-state index contributed by atoms with van der Waals surface area (Å²) in [6.45, 7) is 1.71. The third kappa shape index (κ3) is 1.90. The Morgan fingerprint density at radius 3 is 2.87 bits per heavy atom. The van der Waals surface area contributed by atoms with E-state index >= 15 is 0 Å². The second kappa shape index (κ2) is 3.61. The summed E-state index contributed by atoms with van der Waals surface area (Å²) in [6.07, 6.45) is 1.55. The summed E-state index contributed by atoms with van der Waals surface area (Å²) >= 11 is 0. The molecule has 4 N–H and O–H groups in total. The number of H-pyrrole nitrogens is 1. The zero-order valence-electron chi connectivity index (χ0n) is 8.21. The van der Waals surface area contributed by atoms with Gasteiger partial charge in [0.15, 0.2) is 0 Å².